The summed E-state index contributed by atoms with van der Waals surface area (Å²) in [5.41, 5.74) is 1.16. The Labute approximate surface area is 128 Å². The minimum absolute atomic E-state index is 0.262. The molecule has 0 aliphatic rings. The van der Waals surface area contributed by atoms with Gasteiger partial charge < -0.3 is 5.32 Å². The number of rotatable bonds is 2. The minimum atomic E-state index is 0.262. The lowest BCUT2D eigenvalue weighted by Crippen LogP contribution is -1.95. The van der Waals surface area contributed by atoms with Crippen molar-refractivity contribution >= 4 is 57.3 Å². The number of nitrogens with zero attached hydrogens (tertiary/aromatic N) is 2. The molecule has 0 unspecified atom stereocenters. The van der Waals surface area contributed by atoms with Crippen LogP contribution in [-0.4, -0.2) is 4.98 Å². The molecule has 2 rings (SSSR count). The van der Waals surface area contributed by atoms with Gasteiger partial charge in [0.1, 0.15) is 11.0 Å². The van der Waals surface area contributed by atoms with E-state index in [4.69, 9.17) is 28.5 Å². The average Bonchev–Trinajstić information content (AvgIpc) is 2.32. The summed E-state index contributed by atoms with van der Waals surface area (Å²) in [6, 6.07) is 10.7. The summed E-state index contributed by atoms with van der Waals surface area (Å²) in [4.78, 5) is 4.08. The third-order valence-corrected chi connectivity index (χ3v) is 3.29. The van der Waals surface area contributed by atoms with Crippen molar-refractivity contribution in [3.8, 4) is 6.07 Å². The predicted octanol–water partition coefficient (Wildman–Crippen LogP) is 4.61. The molecule has 2 aromatic rings. The van der Waals surface area contributed by atoms with Gasteiger partial charge >= 0.3 is 0 Å². The van der Waals surface area contributed by atoms with E-state index in [1.807, 2.05) is 24.3 Å². The molecule has 0 fully saturated rings. The van der Waals surface area contributed by atoms with Crippen molar-refractivity contribution in [3.05, 3.63) is 49.6 Å². The first-order valence-electron chi connectivity index (χ1n) is 4.88. The van der Waals surface area contributed by atoms with Crippen LogP contribution in [0.5, 0.6) is 0 Å². The van der Waals surface area contributed by atoms with E-state index in [0.717, 1.165) is 9.26 Å². The molecule has 0 saturated heterocycles. The van der Waals surface area contributed by atoms with Crippen molar-refractivity contribution in [2.45, 2.75) is 0 Å². The molecule has 0 atom stereocenters. The third-order valence-electron chi connectivity index (χ3n) is 2.12. The molecule has 1 heterocycles. The Morgan fingerprint density at radius 1 is 1.22 bits per heavy atom. The lowest BCUT2D eigenvalue weighted by Gasteiger charge is -2.08. The summed E-state index contributed by atoms with van der Waals surface area (Å²) in [6.45, 7) is 0. The molecule has 0 saturated carbocycles. The van der Waals surface area contributed by atoms with E-state index in [1.165, 1.54) is 6.07 Å². The van der Waals surface area contributed by atoms with Crippen molar-refractivity contribution in [2.24, 2.45) is 0 Å². The SMILES string of the molecule is N#Cc1cc(Cl)nc(Nc2ccc(I)cc2Cl)c1. The van der Waals surface area contributed by atoms with Crippen LogP contribution in [0, 0.1) is 14.9 Å². The molecule has 0 aliphatic carbocycles. The van der Waals surface area contributed by atoms with E-state index in [0.29, 0.717) is 16.4 Å². The summed E-state index contributed by atoms with van der Waals surface area (Å²) in [5, 5.41) is 12.7. The van der Waals surface area contributed by atoms with Gasteiger partial charge in [0, 0.05) is 3.57 Å². The van der Waals surface area contributed by atoms with E-state index in [9.17, 15) is 0 Å². The molecule has 0 amide bonds. The molecule has 1 aromatic heterocycles. The molecule has 0 bridgehead atoms. The zero-order chi connectivity index (χ0) is 13.1. The molecular weight excluding hydrogens is 384 g/mol. The van der Waals surface area contributed by atoms with Crippen LogP contribution in [0.4, 0.5) is 11.5 Å². The number of hydrogen-bond donors (Lipinski definition) is 1. The van der Waals surface area contributed by atoms with E-state index < -0.39 is 0 Å². The third kappa shape index (κ3) is 3.25. The molecule has 0 spiro atoms. The Morgan fingerprint density at radius 3 is 2.67 bits per heavy atom. The van der Waals surface area contributed by atoms with E-state index >= 15 is 0 Å². The summed E-state index contributed by atoms with van der Waals surface area (Å²) in [7, 11) is 0. The van der Waals surface area contributed by atoms with E-state index in [1.54, 1.807) is 6.07 Å². The Hall–Kier alpha value is -1.03. The zero-order valence-corrected chi connectivity index (χ0v) is 12.6. The van der Waals surface area contributed by atoms with Crippen molar-refractivity contribution in [2.75, 3.05) is 5.32 Å². The largest absolute Gasteiger partial charge is 0.339 e. The molecule has 3 nitrogen and oxygen atoms in total. The Morgan fingerprint density at radius 2 is 2.00 bits per heavy atom. The number of aromatic nitrogens is 1. The quantitative estimate of drug-likeness (QED) is 0.602. The summed E-state index contributed by atoms with van der Waals surface area (Å²) >= 11 is 14.1. The van der Waals surface area contributed by atoms with Crippen molar-refractivity contribution in [1.82, 2.24) is 4.98 Å². The van der Waals surface area contributed by atoms with Gasteiger partial charge in [-0.25, -0.2) is 4.98 Å². The highest BCUT2D eigenvalue weighted by atomic mass is 127. The van der Waals surface area contributed by atoms with Crippen molar-refractivity contribution in [3.63, 3.8) is 0 Å². The van der Waals surface area contributed by atoms with Crippen molar-refractivity contribution in [1.29, 1.82) is 5.26 Å². The minimum Gasteiger partial charge on any atom is -0.339 e. The fourth-order valence-corrected chi connectivity index (χ4v) is 2.47. The molecule has 90 valence electrons. The van der Waals surface area contributed by atoms with Gasteiger partial charge in [-0.1, -0.05) is 23.2 Å². The van der Waals surface area contributed by atoms with Crippen LogP contribution in [0.3, 0.4) is 0 Å². The maximum Gasteiger partial charge on any atom is 0.133 e. The van der Waals surface area contributed by atoms with Crippen LogP contribution < -0.4 is 5.32 Å². The van der Waals surface area contributed by atoms with Gasteiger partial charge in [0.15, 0.2) is 0 Å². The van der Waals surface area contributed by atoms with E-state index in [-0.39, 0.29) is 5.15 Å². The Balaban J connectivity index is 2.34. The normalized spacial score (nSPS) is 9.89. The van der Waals surface area contributed by atoms with Gasteiger partial charge in [0.2, 0.25) is 0 Å². The number of hydrogen-bond acceptors (Lipinski definition) is 3. The Bertz CT molecular complexity index is 638. The van der Waals surface area contributed by atoms with Gasteiger partial charge in [-0.3, -0.25) is 0 Å². The number of pyridine rings is 1. The smallest absolute Gasteiger partial charge is 0.133 e. The standard InChI is InChI=1S/C12H6Cl2IN3/c13-9-5-8(15)1-2-10(9)17-12-4-7(6-16)3-11(14)18-12/h1-5H,(H,17,18). The first kappa shape index (κ1) is 13.4. The molecule has 1 N–H and O–H groups in total. The summed E-state index contributed by atoms with van der Waals surface area (Å²) in [6.07, 6.45) is 0. The number of halogens is 3. The first-order chi connectivity index (χ1) is 8.58. The second-order valence-electron chi connectivity index (χ2n) is 3.42. The van der Waals surface area contributed by atoms with Crippen LogP contribution in [0.25, 0.3) is 0 Å². The van der Waals surface area contributed by atoms with Gasteiger partial charge in [0.25, 0.3) is 0 Å². The van der Waals surface area contributed by atoms with Gasteiger partial charge in [-0.15, -0.1) is 0 Å². The van der Waals surface area contributed by atoms with Crippen LogP contribution >= 0.6 is 45.8 Å². The monoisotopic (exact) mass is 389 g/mol. The maximum atomic E-state index is 8.85. The summed E-state index contributed by atoms with van der Waals surface area (Å²) < 4.78 is 1.04. The van der Waals surface area contributed by atoms with Gasteiger partial charge in [0.05, 0.1) is 22.3 Å². The predicted molar refractivity (Wildman–Crippen MR) is 81.4 cm³/mol. The first-order valence-corrected chi connectivity index (χ1v) is 6.72. The highest BCUT2D eigenvalue weighted by molar-refractivity contribution is 14.1. The Kier molecular flexibility index (Phi) is 4.27. The molecule has 1 aromatic carbocycles. The fourth-order valence-electron chi connectivity index (χ4n) is 1.35. The summed E-state index contributed by atoms with van der Waals surface area (Å²) in [5.74, 6) is 0.488. The van der Waals surface area contributed by atoms with E-state index in [2.05, 4.69) is 32.9 Å². The van der Waals surface area contributed by atoms with Crippen molar-refractivity contribution < 1.29 is 0 Å². The molecule has 6 heteroatoms. The highest BCUT2D eigenvalue weighted by Gasteiger charge is 2.05. The highest BCUT2D eigenvalue weighted by Crippen LogP contribution is 2.27. The number of benzene rings is 1. The number of nitrogens with one attached hydrogen (secondary N) is 1. The maximum absolute atomic E-state index is 8.85. The van der Waals surface area contributed by atoms with Crippen LogP contribution in [0.2, 0.25) is 10.2 Å². The molecule has 0 aliphatic heterocycles. The lowest BCUT2D eigenvalue weighted by molar-refractivity contribution is 1.29. The fraction of sp³-hybridized carbons (Fsp3) is 0. The lowest BCUT2D eigenvalue weighted by atomic mass is 10.2. The molecule has 18 heavy (non-hydrogen) atoms. The zero-order valence-electron chi connectivity index (χ0n) is 8.92. The second kappa shape index (κ2) is 5.74. The number of nitriles is 1. The van der Waals surface area contributed by atoms with Crippen LogP contribution in [0.1, 0.15) is 5.56 Å². The van der Waals surface area contributed by atoms with Crippen LogP contribution in [0.15, 0.2) is 30.3 Å². The average molecular weight is 390 g/mol. The number of anilines is 2. The molecular formula is C12H6Cl2IN3. The van der Waals surface area contributed by atoms with Crippen LogP contribution in [-0.2, 0) is 0 Å². The topological polar surface area (TPSA) is 48.7 Å². The second-order valence-corrected chi connectivity index (χ2v) is 5.46. The van der Waals surface area contributed by atoms with Gasteiger partial charge in [-0.05, 0) is 52.9 Å². The molecule has 0 radical (unpaired) electrons. The van der Waals surface area contributed by atoms with Gasteiger partial charge in [-0.2, -0.15) is 5.26 Å².